The second-order valence-corrected chi connectivity index (χ2v) is 5.18. The molecule has 0 aromatic heterocycles. The summed E-state index contributed by atoms with van der Waals surface area (Å²) >= 11 is 0. The lowest BCUT2D eigenvalue weighted by molar-refractivity contribution is 0.0981. The van der Waals surface area contributed by atoms with Gasteiger partial charge in [-0.15, -0.1) is 0 Å². The second kappa shape index (κ2) is 2.46. The summed E-state index contributed by atoms with van der Waals surface area (Å²) in [5.41, 5.74) is 0.333. The van der Waals surface area contributed by atoms with Crippen LogP contribution >= 0.6 is 0 Å². The number of ether oxygens (including phenoxy) is 1. The van der Waals surface area contributed by atoms with Crippen molar-refractivity contribution < 1.29 is 9.84 Å². The summed E-state index contributed by atoms with van der Waals surface area (Å²) in [6.45, 7) is 6.77. The number of aliphatic hydroxyl groups excluding tert-OH is 1. The fraction of sp³-hybridized carbons (Fsp3) is 1.00. The Kier molecular flexibility index (Phi) is 1.74. The molecular weight excluding hydrogens is 152 g/mol. The molecule has 0 bridgehead atoms. The topological polar surface area (TPSA) is 32.8 Å². The molecule has 0 aromatic carbocycles. The van der Waals surface area contributed by atoms with Crippen molar-refractivity contribution in [2.45, 2.75) is 51.9 Å². The highest BCUT2D eigenvalue weighted by atomic mass is 16.6. The molecule has 2 heteroatoms. The van der Waals surface area contributed by atoms with E-state index >= 15 is 0 Å². The standard InChI is InChI=1S/C10H18O2/c1-10(2,3)6-4-5-7(11)9-8(6)12-9/h6-9,11H,4-5H2,1-3H3/t6-,7-,8+,9-/m0/s1. The highest BCUT2D eigenvalue weighted by Gasteiger charge is 2.55. The Hall–Kier alpha value is -0.0800. The molecular formula is C10H18O2. The van der Waals surface area contributed by atoms with Crippen LogP contribution in [0.5, 0.6) is 0 Å². The lowest BCUT2D eigenvalue weighted by atomic mass is 9.72. The van der Waals surface area contributed by atoms with Crippen LogP contribution in [-0.2, 0) is 4.74 Å². The van der Waals surface area contributed by atoms with E-state index in [-0.39, 0.29) is 12.2 Å². The van der Waals surface area contributed by atoms with E-state index in [2.05, 4.69) is 20.8 Å². The molecule has 2 nitrogen and oxygen atoms in total. The van der Waals surface area contributed by atoms with Crippen LogP contribution in [0.4, 0.5) is 0 Å². The molecule has 0 amide bonds. The van der Waals surface area contributed by atoms with E-state index in [1.54, 1.807) is 0 Å². The van der Waals surface area contributed by atoms with E-state index in [0.717, 1.165) is 12.8 Å². The summed E-state index contributed by atoms with van der Waals surface area (Å²) in [5.74, 6) is 0.644. The van der Waals surface area contributed by atoms with Gasteiger partial charge in [-0.3, -0.25) is 0 Å². The van der Waals surface area contributed by atoms with Gasteiger partial charge in [0.15, 0.2) is 0 Å². The van der Waals surface area contributed by atoms with Gasteiger partial charge in [0, 0.05) is 0 Å². The van der Waals surface area contributed by atoms with Crippen molar-refractivity contribution in [3.05, 3.63) is 0 Å². The number of aliphatic hydroxyl groups is 1. The molecule has 1 heterocycles. The van der Waals surface area contributed by atoms with Crippen LogP contribution in [0.25, 0.3) is 0 Å². The van der Waals surface area contributed by atoms with Gasteiger partial charge in [-0.1, -0.05) is 20.8 Å². The molecule has 0 aromatic rings. The van der Waals surface area contributed by atoms with Gasteiger partial charge in [0.2, 0.25) is 0 Å². The van der Waals surface area contributed by atoms with Crippen LogP contribution in [0.15, 0.2) is 0 Å². The molecule has 70 valence electrons. The average molecular weight is 170 g/mol. The maximum Gasteiger partial charge on any atom is 0.110 e. The van der Waals surface area contributed by atoms with Crippen LogP contribution in [0.2, 0.25) is 0 Å². The van der Waals surface area contributed by atoms with Crippen LogP contribution in [0.3, 0.4) is 0 Å². The Bertz CT molecular complexity index is 183. The third-order valence-electron chi connectivity index (χ3n) is 3.22. The van der Waals surface area contributed by atoms with Crippen molar-refractivity contribution >= 4 is 0 Å². The van der Waals surface area contributed by atoms with Crippen molar-refractivity contribution in [1.29, 1.82) is 0 Å². The fourth-order valence-corrected chi connectivity index (χ4v) is 2.37. The monoisotopic (exact) mass is 170 g/mol. The maximum absolute atomic E-state index is 9.48. The molecule has 4 atom stereocenters. The molecule has 0 unspecified atom stereocenters. The van der Waals surface area contributed by atoms with Crippen molar-refractivity contribution in [3.8, 4) is 0 Å². The average Bonchev–Trinajstić information content (AvgIpc) is 2.64. The van der Waals surface area contributed by atoms with Crippen molar-refractivity contribution in [2.24, 2.45) is 11.3 Å². The molecule has 1 saturated heterocycles. The Balaban J connectivity index is 2.03. The third kappa shape index (κ3) is 1.27. The number of epoxide rings is 1. The molecule has 1 aliphatic carbocycles. The smallest absolute Gasteiger partial charge is 0.110 e. The van der Waals surface area contributed by atoms with E-state index < -0.39 is 0 Å². The van der Waals surface area contributed by atoms with E-state index in [9.17, 15) is 5.11 Å². The first-order valence-corrected chi connectivity index (χ1v) is 4.83. The molecule has 1 saturated carbocycles. The predicted molar refractivity (Wildman–Crippen MR) is 46.8 cm³/mol. The number of rotatable bonds is 0. The summed E-state index contributed by atoms with van der Waals surface area (Å²) in [5, 5.41) is 9.48. The van der Waals surface area contributed by atoms with Gasteiger partial charge in [0.05, 0.1) is 12.2 Å². The zero-order valence-corrected chi connectivity index (χ0v) is 8.08. The minimum absolute atomic E-state index is 0.169. The van der Waals surface area contributed by atoms with Crippen LogP contribution in [0.1, 0.15) is 33.6 Å². The summed E-state index contributed by atoms with van der Waals surface area (Å²) in [7, 11) is 0. The summed E-state index contributed by atoms with van der Waals surface area (Å²) in [6.07, 6.45) is 2.37. The lowest BCUT2D eigenvalue weighted by Crippen LogP contribution is -2.34. The molecule has 2 aliphatic rings. The van der Waals surface area contributed by atoms with Gasteiger partial charge < -0.3 is 9.84 Å². The minimum Gasteiger partial charge on any atom is -0.390 e. The van der Waals surface area contributed by atoms with Gasteiger partial charge in [-0.2, -0.15) is 0 Å². The van der Waals surface area contributed by atoms with Gasteiger partial charge in [-0.25, -0.2) is 0 Å². The molecule has 1 aliphatic heterocycles. The van der Waals surface area contributed by atoms with Crippen LogP contribution < -0.4 is 0 Å². The summed E-state index contributed by atoms with van der Waals surface area (Å²) in [6, 6.07) is 0. The van der Waals surface area contributed by atoms with Gasteiger partial charge in [-0.05, 0) is 24.2 Å². The van der Waals surface area contributed by atoms with Crippen molar-refractivity contribution in [3.63, 3.8) is 0 Å². The fourth-order valence-electron chi connectivity index (χ4n) is 2.37. The Morgan fingerprint density at radius 2 is 1.83 bits per heavy atom. The zero-order valence-electron chi connectivity index (χ0n) is 8.08. The molecule has 1 N–H and O–H groups in total. The van der Waals surface area contributed by atoms with E-state index in [0.29, 0.717) is 17.4 Å². The minimum atomic E-state index is -0.186. The van der Waals surface area contributed by atoms with Gasteiger partial charge >= 0.3 is 0 Å². The molecule has 2 rings (SSSR count). The third-order valence-corrected chi connectivity index (χ3v) is 3.22. The largest absolute Gasteiger partial charge is 0.390 e. The molecule has 12 heavy (non-hydrogen) atoms. The first kappa shape index (κ1) is 8.52. The Morgan fingerprint density at radius 1 is 1.17 bits per heavy atom. The summed E-state index contributed by atoms with van der Waals surface area (Å²) in [4.78, 5) is 0. The first-order chi connectivity index (χ1) is 5.50. The normalized spacial score (nSPS) is 47.0. The SMILES string of the molecule is CC(C)(C)[C@H]1CC[C@H](O)[C@@H]2O[C@@H]21. The van der Waals surface area contributed by atoms with E-state index in [1.807, 2.05) is 0 Å². The quantitative estimate of drug-likeness (QED) is 0.560. The molecule has 2 fully saturated rings. The second-order valence-electron chi connectivity index (χ2n) is 5.18. The zero-order chi connectivity index (χ0) is 8.93. The first-order valence-electron chi connectivity index (χ1n) is 4.83. The van der Waals surface area contributed by atoms with Gasteiger partial charge in [0.1, 0.15) is 6.10 Å². The van der Waals surface area contributed by atoms with Crippen molar-refractivity contribution in [2.75, 3.05) is 0 Å². The Morgan fingerprint density at radius 3 is 2.42 bits per heavy atom. The molecule has 0 spiro atoms. The number of hydrogen-bond acceptors (Lipinski definition) is 2. The summed E-state index contributed by atoms with van der Waals surface area (Å²) < 4.78 is 5.48. The van der Waals surface area contributed by atoms with E-state index in [1.165, 1.54) is 0 Å². The van der Waals surface area contributed by atoms with Gasteiger partial charge in [0.25, 0.3) is 0 Å². The lowest BCUT2D eigenvalue weighted by Gasteiger charge is -2.32. The number of fused-ring (bicyclic) bond motifs is 1. The molecule has 0 radical (unpaired) electrons. The highest BCUT2D eigenvalue weighted by Crippen LogP contribution is 2.48. The Labute approximate surface area is 73.9 Å². The van der Waals surface area contributed by atoms with Crippen LogP contribution in [0, 0.1) is 11.3 Å². The maximum atomic E-state index is 9.48. The highest BCUT2D eigenvalue weighted by molar-refractivity contribution is 5.02. The van der Waals surface area contributed by atoms with E-state index in [4.69, 9.17) is 4.74 Å². The van der Waals surface area contributed by atoms with Crippen LogP contribution in [-0.4, -0.2) is 23.4 Å². The van der Waals surface area contributed by atoms with Crippen molar-refractivity contribution in [1.82, 2.24) is 0 Å². The predicted octanol–water partition coefficient (Wildman–Crippen LogP) is 1.57. The number of hydrogen-bond donors (Lipinski definition) is 1.